The first-order chi connectivity index (χ1) is 9.76. The first kappa shape index (κ1) is 13.8. The van der Waals surface area contributed by atoms with Crippen LogP contribution in [0.1, 0.15) is 11.8 Å². The molecule has 1 nitrogen and oxygen atoms in total. The molecular formula is C17H16BrNS. The number of fused-ring (bicyclic) bond motifs is 1. The number of nitrogens with one attached hydrogen (secondary N) is 1. The van der Waals surface area contributed by atoms with E-state index >= 15 is 0 Å². The van der Waals surface area contributed by atoms with E-state index in [4.69, 9.17) is 0 Å². The zero-order valence-electron chi connectivity index (χ0n) is 11.3. The third-order valence-electron chi connectivity index (χ3n) is 3.30. The van der Waals surface area contributed by atoms with Crippen LogP contribution in [0.5, 0.6) is 0 Å². The molecule has 0 aliphatic heterocycles. The molecule has 3 aromatic rings. The summed E-state index contributed by atoms with van der Waals surface area (Å²) in [5.41, 5.74) is 1.30. The quantitative estimate of drug-likeness (QED) is 0.663. The fourth-order valence-electron chi connectivity index (χ4n) is 2.25. The van der Waals surface area contributed by atoms with Crippen molar-refractivity contribution in [2.45, 2.75) is 13.5 Å². The third-order valence-corrected chi connectivity index (χ3v) is 4.93. The van der Waals surface area contributed by atoms with Crippen molar-refractivity contribution in [1.29, 1.82) is 0 Å². The summed E-state index contributed by atoms with van der Waals surface area (Å²) in [6.07, 6.45) is 0. The lowest BCUT2D eigenvalue weighted by molar-refractivity contribution is 0.735. The van der Waals surface area contributed by atoms with E-state index < -0.39 is 0 Å². The van der Waals surface area contributed by atoms with Crippen molar-refractivity contribution >= 4 is 38.0 Å². The van der Waals surface area contributed by atoms with E-state index in [2.05, 4.69) is 76.7 Å². The molecule has 3 heteroatoms. The Kier molecular flexibility index (Phi) is 4.20. The van der Waals surface area contributed by atoms with E-state index in [1.54, 1.807) is 0 Å². The van der Waals surface area contributed by atoms with Crippen LogP contribution in [0, 0.1) is 0 Å². The first-order valence-corrected chi connectivity index (χ1v) is 8.36. The van der Waals surface area contributed by atoms with Crippen molar-refractivity contribution in [3.63, 3.8) is 0 Å². The Bertz CT molecular complexity index is 733. The number of rotatable bonds is 4. The van der Waals surface area contributed by atoms with Crippen LogP contribution in [-0.4, -0.2) is 6.54 Å². The van der Waals surface area contributed by atoms with Gasteiger partial charge in [-0.2, -0.15) is 0 Å². The Labute approximate surface area is 131 Å². The second kappa shape index (κ2) is 6.08. The van der Waals surface area contributed by atoms with Crippen molar-refractivity contribution in [2.75, 3.05) is 6.54 Å². The molecule has 0 aliphatic carbocycles. The van der Waals surface area contributed by atoms with Gasteiger partial charge < -0.3 is 5.32 Å². The SMILES string of the molecule is CCNCc1ccc(-c2ccc3cc(Br)ccc3c2)s1. The smallest absolute Gasteiger partial charge is 0.0346 e. The maximum Gasteiger partial charge on any atom is 0.0346 e. The molecule has 1 heterocycles. The van der Waals surface area contributed by atoms with E-state index in [1.807, 2.05) is 11.3 Å². The monoisotopic (exact) mass is 345 g/mol. The number of thiophene rings is 1. The molecule has 0 fully saturated rings. The maximum absolute atomic E-state index is 3.52. The minimum atomic E-state index is 0.960. The Hall–Kier alpha value is -1.16. The van der Waals surface area contributed by atoms with Gasteiger partial charge in [0.1, 0.15) is 0 Å². The van der Waals surface area contributed by atoms with Crippen molar-refractivity contribution in [1.82, 2.24) is 5.32 Å². The summed E-state index contributed by atoms with van der Waals surface area (Å²) in [7, 11) is 0. The van der Waals surface area contributed by atoms with Gasteiger partial charge in [-0.25, -0.2) is 0 Å². The Morgan fingerprint density at radius 1 is 1.00 bits per heavy atom. The molecule has 3 rings (SSSR count). The van der Waals surface area contributed by atoms with Crippen LogP contribution in [0.25, 0.3) is 21.2 Å². The number of hydrogen-bond donors (Lipinski definition) is 1. The largest absolute Gasteiger partial charge is 0.312 e. The molecule has 1 N–H and O–H groups in total. The van der Waals surface area contributed by atoms with Crippen LogP contribution >= 0.6 is 27.3 Å². The molecule has 0 saturated carbocycles. The van der Waals surface area contributed by atoms with E-state index in [0.717, 1.165) is 17.6 Å². The van der Waals surface area contributed by atoms with Crippen LogP contribution < -0.4 is 5.32 Å². The van der Waals surface area contributed by atoms with Gasteiger partial charge in [0.15, 0.2) is 0 Å². The van der Waals surface area contributed by atoms with Gasteiger partial charge in [-0.1, -0.05) is 41.1 Å². The number of benzene rings is 2. The molecule has 2 aromatic carbocycles. The fraction of sp³-hybridized carbons (Fsp3) is 0.176. The van der Waals surface area contributed by atoms with Gasteiger partial charge in [0, 0.05) is 20.8 Å². The van der Waals surface area contributed by atoms with Crippen LogP contribution in [0.4, 0.5) is 0 Å². The summed E-state index contributed by atoms with van der Waals surface area (Å²) in [6, 6.07) is 17.5. The minimum absolute atomic E-state index is 0.960. The highest BCUT2D eigenvalue weighted by molar-refractivity contribution is 9.10. The van der Waals surface area contributed by atoms with Crippen LogP contribution in [-0.2, 0) is 6.54 Å². The van der Waals surface area contributed by atoms with E-state index in [0.29, 0.717) is 0 Å². The number of halogens is 1. The molecule has 0 amide bonds. The van der Waals surface area contributed by atoms with Crippen molar-refractivity contribution in [3.05, 3.63) is 57.9 Å². The second-order valence-corrected chi connectivity index (χ2v) is 6.84. The molecule has 102 valence electrons. The minimum Gasteiger partial charge on any atom is -0.312 e. The van der Waals surface area contributed by atoms with E-state index in [-0.39, 0.29) is 0 Å². The van der Waals surface area contributed by atoms with Crippen LogP contribution in [0.15, 0.2) is 53.0 Å². The molecule has 1 aromatic heterocycles. The highest BCUT2D eigenvalue weighted by Gasteiger charge is 2.04. The van der Waals surface area contributed by atoms with Crippen LogP contribution in [0.3, 0.4) is 0 Å². The van der Waals surface area contributed by atoms with Crippen LogP contribution in [0.2, 0.25) is 0 Å². The molecule has 0 atom stereocenters. The normalized spacial score (nSPS) is 11.1. The van der Waals surface area contributed by atoms with Gasteiger partial charge in [-0.3, -0.25) is 0 Å². The molecule has 0 saturated heterocycles. The van der Waals surface area contributed by atoms with E-state index in [1.165, 1.54) is 26.1 Å². The number of hydrogen-bond acceptors (Lipinski definition) is 2. The topological polar surface area (TPSA) is 12.0 Å². The summed E-state index contributed by atoms with van der Waals surface area (Å²) in [5.74, 6) is 0. The maximum atomic E-state index is 3.52. The Balaban J connectivity index is 1.93. The standard InChI is InChI=1S/C17H16BrNS/c1-2-19-11-16-7-8-17(20-16)14-4-3-13-10-15(18)6-5-12(13)9-14/h3-10,19H,2,11H2,1H3. The average Bonchev–Trinajstić information content (AvgIpc) is 2.93. The lowest BCUT2D eigenvalue weighted by Crippen LogP contribution is -2.10. The van der Waals surface area contributed by atoms with E-state index in [9.17, 15) is 0 Å². The van der Waals surface area contributed by atoms with Gasteiger partial charge in [0.05, 0.1) is 0 Å². The summed E-state index contributed by atoms with van der Waals surface area (Å²) in [5, 5.41) is 5.93. The highest BCUT2D eigenvalue weighted by atomic mass is 79.9. The fourth-order valence-corrected chi connectivity index (χ4v) is 3.60. The predicted octanol–water partition coefficient (Wildman–Crippen LogP) is 5.44. The van der Waals surface area contributed by atoms with Gasteiger partial charge >= 0.3 is 0 Å². The molecule has 0 spiro atoms. The molecule has 0 aliphatic rings. The van der Waals surface area contributed by atoms with Gasteiger partial charge in [0.2, 0.25) is 0 Å². The highest BCUT2D eigenvalue weighted by Crippen LogP contribution is 2.31. The van der Waals surface area contributed by atoms with Gasteiger partial charge in [-0.05, 0) is 53.2 Å². The van der Waals surface area contributed by atoms with Gasteiger partial charge in [-0.15, -0.1) is 11.3 Å². The zero-order chi connectivity index (χ0) is 13.9. The van der Waals surface area contributed by atoms with Crippen molar-refractivity contribution in [2.24, 2.45) is 0 Å². The second-order valence-electron chi connectivity index (χ2n) is 4.75. The molecule has 20 heavy (non-hydrogen) atoms. The zero-order valence-corrected chi connectivity index (χ0v) is 13.7. The first-order valence-electron chi connectivity index (χ1n) is 6.75. The third kappa shape index (κ3) is 2.95. The molecule has 0 unspecified atom stereocenters. The van der Waals surface area contributed by atoms with Crippen molar-refractivity contribution in [3.8, 4) is 10.4 Å². The molecule has 0 radical (unpaired) electrons. The lowest BCUT2D eigenvalue weighted by atomic mass is 10.1. The predicted molar refractivity (Wildman–Crippen MR) is 92.3 cm³/mol. The summed E-state index contributed by atoms with van der Waals surface area (Å²) in [6.45, 7) is 4.11. The lowest BCUT2D eigenvalue weighted by Gasteiger charge is -2.02. The Morgan fingerprint density at radius 3 is 2.65 bits per heavy atom. The summed E-state index contributed by atoms with van der Waals surface area (Å²) < 4.78 is 1.13. The molecular weight excluding hydrogens is 330 g/mol. The van der Waals surface area contributed by atoms with Crippen molar-refractivity contribution < 1.29 is 0 Å². The van der Waals surface area contributed by atoms with Gasteiger partial charge in [0.25, 0.3) is 0 Å². The summed E-state index contributed by atoms with van der Waals surface area (Å²) in [4.78, 5) is 2.72. The molecule has 0 bridgehead atoms. The summed E-state index contributed by atoms with van der Waals surface area (Å²) >= 11 is 5.38. The average molecular weight is 346 g/mol. The Morgan fingerprint density at radius 2 is 1.80 bits per heavy atom.